The number of hydrogen-bond donors (Lipinski definition) is 0. The third-order valence-electron chi connectivity index (χ3n) is 4.02. The third-order valence-corrected chi connectivity index (χ3v) is 6.16. The summed E-state index contributed by atoms with van der Waals surface area (Å²) in [4.78, 5) is 26.3. The summed E-state index contributed by atoms with van der Waals surface area (Å²) < 4.78 is 5.48. The molecule has 1 unspecified atom stereocenters. The van der Waals surface area contributed by atoms with Crippen LogP contribution < -0.4 is 4.74 Å². The van der Waals surface area contributed by atoms with Crippen molar-refractivity contribution in [2.45, 2.75) is 12.3 Å². The van der Waals surface area contributed by atoms with Crippen molar-refractivity contribution in [1.82, 2.24) is 4.90 Å². The van der Waals surface area contributed by atoms with Gasteiger partial charge in [-0.15, -0.1) is 11.8 Å². The Hall–Kier alpha value is -1.92. The summed E-state index contributed by atoms with van der Waals surface area (Å²) in [6.07, 6.45) is 0. The largest absolute Gasteiger partial charge is 0.494 e. The molecule has 1 atom stereocenters. The summed E-state index contributed by atoms with van der Waals surface area (Å²) in [5.74, 6) is 2.03. The second kappa shape index (κ2) is 9.14. The highest BCUT2D eigenvalue weighted by atomic mass is 32.2. The highest BCUT2D eigenvalue weighted by molar-refractivity contribution is 8.14. The molecule has 2 aromatic carbocycles. The van der Waals surface area contributed by atoms with Gasteiger partial charge in [0.05, 0.1) is 12.4 Å². The van der Waals surface area contributed by atoms with Crippen LogP contribution in [0.1, 0.15) is 28.2 Å². The average molecular weight is 388 g/mol. The zero-order chi connectivity index (χ0) is 18.4. The van der Waals surface area contributed by atoms with Gasteiger partial charge in [-0.2, -0.15) is 0 Å². The number of amides is 1. The number of carbonyl (C=O) groups is 2. The maximum Gasteiger partial charge on any atom is 0.233 e. The van der Waals surface area contributed by atoms with E-state index in [1.807, 2.05) is 66.4 Å². The van der Waals surface area contributed by atoms with Crippen molar-refractivity contribution in [3.05, 3.63) is 65.7 Å². The monoisotopic (exact) mass is 387 g/mol. The van der Waals surface area contributed by atoms with Crippen LogP contribution in [0.2, 0.25) is 0 Å². The lowest BCUT2D eigenvalue weighted by molar-refractivity contribution is -0.127. The maximum absolute atomic E-state index is 12.3. The molecule has 26 heavy (non-hydrogen) atoms. The smallest absolute Gasteiger partial charge is 0.233 e. The molecule has 2 aromatic rings. The van der Waals surface area contributed by atoms with Crippen LogP contribution >= 0.6 is 23.5 Å². The molecule has 0 radical (unpaired) electrons. The van der Waals surface area contributed by atoms with Gasteiger partial charge in [0.25, 0.3) is 0 Å². The number of nitrogens with zero attached hydrogens (tertiary/aromatic N) is 1. The van der Waals surface area contributed by atoms with Gasteiger partial charge in [0.15, 0.2) is 0 Å². The minimum atomic E-state index is 0.00519. The molecule has 0 aliphatic carbocycles. The van der Waals surface area contributed by atoms with Crippen molar-refractivity contribution in [2.24, 2.45) is 0 Å². The molecule has 0 N–H and O–H groups in total. The predicted molar refractivity (Wildman–Crippen MR) is 108 cm³/mol. The summed E-state index contributed by atoms with van der Waals surface area (Å²) in [6.45, 7) is 3.15. The number of benzene rings is 2. The first kappa shape index (κ1) is 18.9. The Bertz CT molecular complexity index is 749. The second-order valence-corrected chi connectivity index (χ2v) is 7.89. The van der Waals surface area contributed by atoms with Gasteiger partial charge in [-0.3, -0.25) is 9.59 Å². The summed E-state index contributed by atoms with van der Waals surface area (Å²) in [7, 11) is 0. The van der Waals surface area contributed by atoms with Crippen molar-refractivity contribution >= 4 is 34.5 Å². The fourth-order valence-corrected chi connectivity index (χ4v) is 4.76. The molecule has 1 saturated heterocycles. The van der Waals surface area contributed by atoms with E-state index in [0.717, 1.165) is 11.3 Å². The lowest BCUT2D eigenvalue weighted by Gasteiger charge is -2.24. The molecule has 1 amide bonds. The van der Waals surface area contributed by atoms with Gasteiger partial charge in [0.2, 0.25) is 11.0 Å². The van der Waals surface area contributed by atoms with Crippen LogP contribution in [-0.4, -0.2) is 40.6 Å². The molecule has 0 aromatic heterocycles. The van der Waals surface area contributed by atoms with Crippen molar-refractivity contribution in [2.75, 3.05) is 24.7 Å². The van der Waals surface area contributed by atoms with Crippen LogP contribution in [0.5, 0.6) is 5.75 Å². The minimum Gasteiger partial charge on any atom is -0.494 e. The quantitative estimate of drug-likeness (QED) is 0.711. The number of rotatable bonds is 7. The normalized spacial score (nSPS) is 16.7. The van der Waals surface area contributed by atoms with Gasteiger partial charge in [-0.1, -0.05) is 54.2 Å². The molecule has 0 spiro atoms. The summed E-state index contributed by atoms with van der Waals surface area (Å²) in [6, 6.07) is 17.1. The van der Waals surface area contributed by atoms with E-state index < -0.39 is 0 Å². The number of hydrogen-bond acceptors (Lipinski definition) is 5. The van der Waals surface area contributed by atoms with Gasteiger partial charge < -0.3 is 9.64 Å². The van der Waals surface area contributed by atoms with E-state index in [1.54, 1.807) is 11.8 Å². The first-order valence-electron chi connectivity index (χ1n) is 8.55. The van der Waals surface area contributed by atoms with E-state index >= 15 is 0 Å². The lowest BCUT2D eigenvalue weighted by Crippen LogP contribution is -2.30. The maximum atomic E-state index is 12.3. The van der Waals surface area contributed by atoms with Crippen molar-refractivity contribution in [3.63, 3.8) is 0 Å². The van der Waals surface area contributed by atoms with E-state index in [1.165, 1.54) is 11.8 Å². The van der Waals surface area contributed by atoms with Crippen LogP contribution in [0.4, 0.5) is 0 Å². The molecule has 6 heteroatoms. The van der Waals surface area contributed by atoms with Crippen LogP contribution in [0.25, 0.3) is 0 Å². The minimum absolute atomic E-state index is 0.00519. The molecule has 1 aliphatic heterocycles. The van der Waals surface area contributed by atoms with Gasteiger partial charge in [0.1, 0.15) is 11.1 Å². The first-order valence-corrected chi connectivity index (χ1v) is 10.6. The third kappa shape index (κ3) is 4.62. The fourth-order valence-electron chi connectivity index (χ4n) is 2.76. The topological polar surface area (TPSA) is 46.6 Å². The molecule has 0 bridgehead atoms. The van der Waals surface area contributed by atoms with E-state index in [4.69, 9.17) is 4.74 Å². The van der Waals surface area contributed by atoms with Crippen LogP contribution in [0.3, 0.4) is 0 Å². The first-order chi connectivity index (χ1) is 12.7. The Balaban J connectivity index is 1.58. The Labute approximate surface area is 162 Å². The van der Waals surface area contributed by atoms with Gasteiger partial charge in [0, 0.05) is 17.9 Å². The molecule has 136 valence electrons. The van der Waals surface area contributed by atoms with Crippen LogP contribution in [-0.2, 0) is 4.79 Å². The summed E-state index contributed by atoms with van der Waals surface area (Å²) in [5, 5.41) is 0.0492. The van der Waals surface area contributed by atoms with Crippen LogP contribution in [0.15, 0.2) is 54.6 Å². The zero-order valence-corrected chi connectivity index (χ0v) is 16.2. The summed E-state index contributed by atoms with van der Waals surface area (Å²) >= 11 is 2.89. The van der Waals surface area contributed by atoms with Crippen molar-refractivity contribution in [3.8, 4) is 5.75 Å². The zero-order valence-electron chi connectivity index (χ0n) is 14.6. The Morgan fingerprint density at radius 1 is 1.19 bits per heavy atom. The molecule has 3 rings (SSSR count). The highest BCUT2D eigenvalue weighted by Crippen LogP contribution is 2.39. The van der Waals surface area contributed by atoms with Gasteiger partial charge in [-0.25, -0.2) is 0 Å². The fraction of sp³-hybridized carbons (Fsp3) is 0.300. The molecule has 0 saturated carbocycles. The van der Waals surface area contributed by atoms with E-state index in [-0.39, 0.29) is 16.4 Å². The SMILES string of the molecule is CCOc1ccc(C2SCC(=O)N2CCSC(=O)c2ccccc2)cc1. The van der Waals surface area contributed by atoms with Crippen molar-refractivity contribution in [1.29, 1.82) is 0 Å². The van der Waals surface area contributed by atoms with E-state index in [2.05, 4.69) is 0 Å². The standard InChI is InChI=1S/C20H21NO3S2/c1-2-24-17-10-8-15(9-11-17)19-21(18(22)14-26-19)12-13-25-20(23)16-6-4-3-5-7-16/h3-11,19H,2,12-14H2,1H3. The van der Waals surface area contributed by atoms with E-state index in [9.17, 15) is 9.59 Å². The Morgan fingerprint density at radius 2 is 1.92 bits per heavy atom. The van der Waals surface area contributed by atoms with Crippen LogP contribution in [0, 0.1) is 0 Å². The lowest BCUT2D eigenvalue weighted by atomic mass is 10.2. The number of ether oxygens (including phenoxy) is 1. The highest BCUT2D eigenvalue weighted by Gasteiger charge is 2.32. The second-order valence-electron chi connectivity index (χ2n) is 5.75. The molecule has 1 aliphatic rings. The summed E-state index contributed by atoms with van der Waals surface area (Å²) in [5.41, 5.74) is 1.78. The molecule has 1 heterocycles. The number of thioether (sulfide) groups is 2. The number of carbonyl (C=O) groups excluding carboxylic acids is 2. The van der Waals surface area contributed by atoms with Gasteiger partial charge in [-0.05, 0) is 24.6 Å². The molecule has 1 fully saturated rings. The van der Waals surface area contributed by atoms with Gasteiger partial charge >= 0.3 is 0 Å². The van der Waals surface area contributed by atoms with Crippen molar-refractivity contribution < 1.29 is 14.3 Å². The molecule has 4 nitrogen and oxygen atoms in total. The Kier molecular flexibility index (Phi) is 6.63. The average Bonchev–Trinajstić information content (AvgIpc) is 3.04. The van der Waals surface area contributed by atoms with E-state index in [0.29, 0.717) is 30.2 Å². The Morgan fingerprint density at radius 3 is 2.62 bits per heavy atom. The predicted octanol–water partition coefficient (Wildman–Crippen LogP) is 4.23. The molecular formula is C20H21NO3S2. The molecular weight excluding hydrogens is 366 g/mol.